The molecule has 0 atom stereocenters. The topological polar surface area (TPSA) is 52.6 Å². The Balaban J connectivity index is 0.000000128. The third-order valence-electron chi connectivity index (χ3n) is 24.0. The van der Waals surface area contributed by atoms with Gasteiger partial charge < -0.3 is 18.4 Å². The second-order valence-corrected chi connectivity index (χ2v) is 38.0. The summed E-state index contributed by atoms with van der Waals surface area (Å²) in [6.07, 6.45) is 0. The van der Waals surface area contributed by atoms with Gasteiger partial charge in [0.2, 0.25) is 0 Å². The quantitative estimate of drug-likeness (QED) is 0.0695. The van der Waals surface area contributed by atoms with Gasteiger partial charge in [-0.25, -0.2) is 0 Å². The average Bonchev–Trinajstić information content (AvgIpc) is 0.899. The molecule has 0 spiro atoms. The summed E-state index contributed by atoms with van der Waals surface area (Å²) in [5.74, 6) is 0. The fourth-order valence-corrected chi connectivity index (χ4v) is 22.8. The molecule has 21 rings (SSSR count). The first-order valence-electron chi connectivity index (χ1n) is 40.2. The van der Waals surface area contributed by atoms with E-state index < -0.39 is 32.6 Å². The molecule has 1 fully saturated rings. The van der Waals surface area contributed by atoms with Crippen LogP contribution in [0, 0.1) is 0 Å². The summed E-state index contributed by atoms with van der Waals surface area (Å²) in [5.41, 5.74) is 12.2. The van der Waals surface area contributed by atoms with Crippen molar-refractivity contribution in [1.82, 2.24) is 0 Å². The summed E-state index contributed by atoms with van der Waals surface area (Å²) in [6.45, 7) is 8.44. The predicted molar refractivity (Wildman–Crippen MR) is 509 cm³/mol. The zero-order valence-corrected chi connectivity index (χ0v) is 69.3. The second-order valence-electron chi connectivity index (χ2n) is 31.6. The number of benzene rings is 20. The lowest BCUT2D eigenvalue weighted by atomic mass is 9.76. The van der Waals surface area contributed by atoms with Gasteiger partial charge in [0.25, 0.3) is 0 Å². The van der Waals surface area contributed by atoms with Crippen LogP contribution in [-0.2, 0) is 18.4 Å². The molecular formula is C110H82BBrO4P2. The molecule has 0 N–H and O–H groups in total. The van der Waals surface area contributed by atoms with Crippen molar-refractivity contribution in [2.24, 2.45) is 0 Å². The highest BCUT2D eigenvalue weighted by atomic mass is 79.9. The lowest BCUT2D eigenvalue weighted by Crippen LogP contribution is -2.41. The fourth-order valence-electron chi connectivity index (χ4n) is 17.3. The first kappa shape index (κ1) is 75.4. The molecule has 0 unspecified atom stereocenters. The van der Waals surface area contributed by atoms with Crippen molar-refractivity contribution in [2.45, 2.75) is 38.9 Å². The Bertz CT molecular complexity index is 7220. The predicted octanol–water partition coefficient (Wildman–Crippen LogP) is 27.0. The number of halogens is 1. The maximum absolute atomic E-state index is 15.1. The SMILES string of the molecule is CC1(C)OB(c2ccc3c(-c4ccc5ccccc5c4)c4ccccc4c(-c4ccc5ccccc5c4)c3c2)OC1(C)C.O=P(c1ccccc1)(c1ccccc1)c1ccc(-c2ccc3c(-c4ccc5ccccc5c4)c4ccccc4c(-c4ccc5ccccc5c4)c3c2)cc1.O=P(c1ccccc1)(c1ccccc1)c1ccc(Br)cc1. The monoisotopic (exact) mass is 1620 g/mol. The Hall–Kier alpha value is -12.6. The molecule has 1 saturated heterocycles. The standard InChI is InChI=1S/C52H35OP.C40H33BO2.C18H14BrOP/c53-54(44-17-3-1-4-18-44,45-19-5-2-6-20-45)46-30-27-38(28-31-46)41-29-32-49-50(35-41)52(43-26-24-37-14-8-10-16-40(37)34-43)48-22-12-11-21-47(48)51(49)42-25-23-36-13-7-9-15-39(36)33-42;1-39(2)40(3,4)43-41(42-39)32-21-22-35-36(25-32)38(31-20-18-27-12-6-8-14-29(27)24-31)34-16-10-9-15-33(34)37(35)30-19-17-26-11-5-7-13-28(26)23-30;19-15-11-13-18(14-12-15)21(20,16-7-3-1-4-8-16)17-9-5-2-6-10-17/h1-35H;5-25H,1-4H3;1-14H. The third-order valence-corrected chi connectivity index (χ3v) is 30.7. The van der Waals surface area contributed by atoms with E-state index in [1.807, 2.05) is 146 Å². The Kier molecular flexibility index (Phi) is 20.1. The first-order valence-corrected chi connectivity index (χ1v) is 44.4. The van der Waals surface area contributed by atoms with E-state index in [9.17, 15) is 4.57 Å². The van der Waals surface area contributed by atoms with Crippen LogP contribution < -0.4 is 37.3 Å². The molecule has 20 aromatic carbocycles. The van der Waals surface area contributed by atoms with Crippen LogP contribution in [0.2, 0.25) is 0 Å². The largest absolute Gasteiger partial charge is 0.494 e. The molecule has 566 valence electrons. The number of hydrogen-bond donors (Lipinski definition) is 0. The van der Waals surface area contributed by atoms with Crippen molar-refractivity contribution in [3.63, 3.8) is 0 Å². The van der Waals surface area contributed by atoms with Crippen LogP contribution in [0.3, 0.4) is 0 Å². The molecular weight excluding hydrogens is 1540 g/mol. The van der Waals surface area contributed by atoms with E-state index >= 15 is 4.57 Å². The van der Waals surface area contributed by atoms with E-state index in [4.69, 9.17) is 9.31 Å². The van der Waals surface area contributed by atoms with E-state index in [2.05, 4.69) is 323 Å². The van der Waals surface area contributed by atoms with Crippen LogP contribution in [0.25, 0.3) is 142 Å². The van der Waals surface area contributed by atoms with Crippen molar-refractivity contribution < 1.29 is 18.4 Å². The average molecular weight is 1620 g/mol. The van der Waals surface area contributed by atoms with Gasteiger partial charge in [0.05, 0.1) is 11.2 Å². The minimum absolute atomic E-state index is 0.409. The van der Waals surface area contributed by atoms with Crippen LogP contribution in [0.4, 0.5) is 0 Å². The zero-order chi connectivity index (χ0) is 80.1. The molecule has 8 heteroatoms. The van der Waals surface area contributed by atoms with E-state index in [0.29, 0.717) is 0 Å². The highest BCUT2D eigenvalue weighted by Gasteiger charge is 2.52. The summed E-state index contributed by atoms with van der Waals surface area (Å²) < 4.78 is 43.1. The Morgan fingerprint density at radius 2 is 0.466 bits per heavy atom. The highest BCUT2D eigenvalue weighted by molar-refractivity contribution is 9.10. The highest BCUT2D eigenvalue weighted by Crippen LogP contribution is 2.50. The van der Waals surface area contributed by atoms with Crippen LogP contribution >= 0.6 is 30.2 Å². The van der Waals surface area contributed by atoms with Gasteiger partial charge in [0.15, 0.2) is 14.3 Å². The van der Waals surface area contributed by atoms with E-state index in [-0.39, 0.29) is 0 Å². The van der Waals surface area contributed by atoms with Crippen LogP contribution in [0.5, 0.6) is 0 Å². The molecule has 0 amide bonds. The number of rotatable bonds is 12. The van der Waals surface area contributed by atoms with Crippen molar-refractivity contribution in [3.8, 4) is 55.6 Å². The summed E-state index contributed by atoms with van der Waals surface area (Å²) in [5, 5.41) is 24.7. The Morgan fingerprint density at radius 3 is 0.805 bits per heavy atom. The van der Waals surface area contributed by atoms with Gasteiger partial charge >= 0.3 is 7.12 Å². The number of fused-ring (bicyclic) bond motifs is 8. The van der Waals surface area contributed by atoms with Gasteiger partial charge in [-0.3, -0.25) is 0 Å². The zero-order valence-electron chi connectivity index (χ0n) is 65.9. The van der Waals surface area contributed by atoms with Gasteiger partial charge in [-0.2, -0.15) is 0 Å². The first-order chi connectivity index (χ1) is 57.6. The summed E-state index contributed by atoms with van der Waals surface area (Å²) in [7, 11) is -6.33. The Labute approximate surface area is 697 Å². The van der Waals surface area contributed by atoms with Crippen molar-refractivity contribution >= 4 is 161 Å². The van der Waals surface area contributed by atoms with Gasteiger partial charge in [-0.05, 0) is 230 Å². The molecule has 20 aromatic rings. The van der Waals surface area contributed by atoms with Crippen LogP contribution in [-0.4, -0.2) is 18.3 Å². The second kappa shape index (κ2) is 31.4. The lowest BCUT2D eigenvalue weighted by molar-refractivity contribution is 0.00578. The van der Waals surface area contributed by atoms with E-state index in [1.54, 1.807) is 0 Å². The maximum Gasteiger partial charge on any atom is 0.494 e. The molecule has 0 aliphatic carbocycles. The minimum atomic E-state index is -3.08. The fraction of sp³-hybridized carbons (Fsp3) is 0.0545. The molecule has 1 heterocycles. The molecule has 0 aromatic heterocycles. The molecule has 4 nitrogen and oxygen atoms in total. The Morgan fingerprint density at radius 1 is 0.220 bits per heavy atom. The third kappa shape index (κ3) is 14.0. The normalized spacial score (nSPS) is 13.2. The van der Waals surface area contributed by atoms with Gasteiger partial charge in [-0.1, -0.05) is 386 Å². The molecule has 1 aliphatic rings. The van der Waals surface area contributed by atoms with Crippen molar-refractivity contribution in [2.75, 3.05) is 0 Å². The molecule has 1 aliphatic heterocycles. The van der Waals surface area contributed by atoms with Gasteiger partial charge in [0.1, 0.15) is 0 Å². The maximum atomic E-state index is 15.1. The smallest absolute Gasteiger partial charge is 0.399 e. The van der Waals surface area contributed by atoms with Crippen molar-refractivity contribution in [3.05, 3.63) is 429 Å². The van der Waals surface area contributed by atoms with Crippen molar-refractivity contribution in [1.29, 1.82) is 0 Å². The van der Waals surface area contributed by atoms with Gasteiger partial charge in [0, 0.05) is 36.3 Å². The molecule has 0 radical (unpaired) electrons. The molecule has 0 saturated carbocycles. The number of hydrogen-bond acceptors (Lipinski definition) is 4. The minimum Gasteiger partial charge on any atom is -0.399 e. The van der Waals surface area contributed by atoms with E-state index in [1.165, 1.54) is 131 Å². The van der Waals surface area contributed by atoms with Crippen LogP contribution in [0.15, 0.2) is 429 Å². The van der Waals surface area contributed by atoms with Gasteiger partial charge in [-0.15, -0.1) is 0 Å². The summed E-state index contributed by atoms with van der Waals surface area (Å²) in [4.78, 5) is 0. The summed E-state index contributed by atoms with van der Waals surface area (Å²) >= 11 is 3.43. The molecule has 118 heavy (non-hydrogen) atoms. The summed E-state index contributed by atoms with van der Waals surface area (Å²) in [6, 6.07) is 148. The van der Waals surface area contributed by atoms with Crippen LogP contribution in [0.1, 0.15) is 27.7 Å². The molecule has 0 bridgehead atoms. The van der Waals surface area contributed by atoms with E-state index in [0.717, 1.165) is 52.9 Å². The lowest BCUT2D eigenvalue weighted by Gasteiger charge is -2.32.